The molecule has 44 heavy (non-hydrogen) atoms. The van der Waals surface area contributed by atoms with Crippen LogP contribution < -0.4 is 14.5 Å². The Balaban J connectivity index is 1.21. The molecule has 7 rings (SSSR count). The number of nitriles is 1. The predicted octanol–water partition coefficient (Wildman–Crippen LogP) is 4.80. The van der Waals surface area contributed by atoms with Gasteiger partial charge in [0, 0.05) is 37.4 Å². The van der Waals surface area contributed by atoms with Crippen molar-refractivity contribution in [2.45, 2.75) is 69.2 Å². The number of amides is 2. The number of rotatable bonds is 7. The highest BCUT2D eigenvalue weighted by atomic mass is 32.1. The molecule has 0 unspecified atom stereocenters. The first kappa shape index (κ1) is 30.1. The third-order valence-electron chi connectivity index (χ3n) is 9.34. The van der Waals surface area contributed by atoms with Crippen LogP contribution in [0, 0.1) is 11.3 Å². The van der Waals surface area contributed by atoms with Gasteiger partial charge in [-0.3, -0.25) is 14.6 Å². The fraction of sp³-hybridized carbons (Fsp3) is 0.500. The number of nitrogens with zero attached hydrogens (tertiary/aromatic N) is 6. The number of benzene rings is 1. The first-order valence-electron chi connectivity index (χ1n) is 14.6. The van der Waals surface area contributed by atoms with Crippen molar-refractivity contribution in [1.29, 1.82) is 5.26 Å². The number of carboxylic acid groups (broad SMARTS) is 1. The topological polar surface area (TPSA) is 113 Å². The fourth-order valence-electron chi connectivity index (χ4n) is 6.91. The number of thiocarbonyl (C=S) groups is 1. The van der Waals surface area contributed by atoms with E-state index in [4.69, 9.17) is 22.2 Å². The maximum Gasteiger partial charge on any atom is 0.419 e. The predicted molar refractivity (Wildman–Crippen MR) is 158 cm³/mol. The Morgan fingerprint density at radius 2 is 1.95 bits per heavy atom. The molecule has 2 atom stereocenters. The smallest absolute Gasteiger partial charge is 0.419 e. The maximum atomic E-state index is 13.8. The molecule has 14 heteroatoms. The number of alkyl halides is 3. The molecule has 232 valence electrons. The van der Waals surface area contributed by atoms with Crippen LogP contribution in [0.2, 0.25) is 0 Å². The van der Waals surface area contributed by atoms with Gasteiger partial charge in [-0.05, 0) is 80.6 Å². The Labute approximate surface area is 257 Å². The minimum Gasteiger partial charge on any atom is -0.492 e. The molecule has 5 aliphatic rings. The maximum absolute atomic E-state index is 13.8. The number of aromatic nitrogens is 1. The summed E-state index contributed by atoms with van der Waals surface area (Å²) < 4.78 is 47.3. The second-order valence-electron chi connectivity index (χ2n) is 11.7. The SMILES string of the molecule is CCc1cc(N2C(=S)N(c3cnc(C#N)c(C(F)(F)F)c3)C(=O)C23CCC3)ccc1OCCN1C[C@@H]2CC[C@H]1CN2C(=O)O. The van der Waals surface area contributed by atoms with E-state index in [1.54, 1.807) is 4.90 Å². The summed E-state index contributed by atoms with van der Waals surface area (Å²) in [4.78, 5) is 35.7. The van der Waals surface area contributed by atoms with Crippen LogP contribution in [0.25, 0.3) is 0 Å². The van der Waals surface area contributed by atoms with Crippen molar-refractivity contribution in [3.05, 3.63) is 47.3 Å². The minimum absolute atomic E-state index is 0.00787. The molecule has 1 aromatic carbocycles. The molecule has 0 radical (unpaired) electrons. The molecule has 1 aliphatic carbocycles. The molecular formula is C30H31F3N6O4S. The van der Waals surface area contributed by atoms with Crippen LogP contribution in [-0.2, 0) is 17.4 Å². The molecule has 10 nitrogen and oxygen atoms in total. The average Bonchev–Trinajstić information content (AvgIpc) is 3.23. The van der Waals surface area contributed by atoms with Crippen LogP contribution in [0.5, 0.6) is 5.75 Å². The number of anilines is 2. The summed E-state index contributed by atoms with van der Waals surface area (Å²) in [5.74, 6) is 0.275. The zero-order valence-corrected chi connectivity index (χ0v) is 24.8. The van der Waals surface area contributed by atoms with Gasteiger partial charge in [0.25, 0.3) is 5.91 Å². The number of hydrogen-bond donors (Lipinski definition) is 1. The summed E-state index contributed by atoms with van der Waals surface area (Å²) in [5.41, 5.74) is -1.59. The molecule has 5 heterocycles. The Bertz CT molecular complexity index is 1560. The first-order chi connectivity index (χ1) is 21.0. The van der Waals surface area contributed by atoms with Gasteiger partial charge in [-0.2, -0.15) is 18.4 Å². The standard InChI is InChI=1S/C30H31F3N6O4S/c1-2-18-12-19(6-7-25(18)43-11-10-36-16-21-5-4-20(36)17-37(21)28(41)42)39-27(44)38(26(40)29(39)8-3-9-29)22-13-23(30(31,32)33)24(14-34)35-15-22/h6-7,12-13,15,20-21H,2-5,8-11,16-17H2,1H3,(H,41,42)/t20-,21-/m0/s1. The van der Waals surface area contributed by atoms with E-state index in [1.165, 1.54) is 11.0 Å². The van der Waals surface area contributed by atoms with E-state index in [1.807, 2.05) is 25.1 Å². The zero-order chi connectivity index (χ0) is 31.4. The van der Waals surface area contributed by atoms with E-state index < -0.39 is 35.0 Å². The molecule has 1 saturated carbocycles. The Morgan fingerprint density at radius 3 is 2.55 bits per heavy atom. The van der Waals surface area contributed by atoms with Gasteiger partial charge in [0.2, 0.25) is 0 Å². The van der Waals surface area contributed by atoms with Crippen LogP contribution >= 0.6 is 12.2 Å². The van der Waals surface area contributed by atoms with Crippen LogP contribution in [0.1, 0.15) is 55.8 Å². The number of carbonyl (C=O) groups is 2. The summed E-state index contributed by atoms with van der Waals surface area (Å²) in [6.45, 7) is 4.28. The van der Waals surface area contributed by atoms with Crippen molar-refractivity contribution in [1.82, 2.24) is 14.8 Å². The Hall–Kier alpha value is -3.96. The highest BCUT2D eigenvalue weighted by molar-refractivity contribution is 7.81. The lowest BCUT2D eigenvalue weighted by molar-refractivity contribution is -0.138. The monoisotopic (exact) mass is 628 g/mol. The molecule has 2 bridgehead atoms. The number of piperidine rings is 2. The van der Waals surface area contributed by atoms with E-state index in [0.29, 0.717) is 56.9 Å². The zero-order valence-electron chi connectivity index (χ0n) is 24.0. The number of aryl methyl sites for hydroxylation is 1. The van der Waals surface area contributed by atoms with Crippen molar-refractivity contribution in [3.63, 3.8) is 0 Å². The lowest BCUT2D eigenvalue weighted by Crippen LogP contribution is -2.64. The molecule has 1 aromatic heterocycles. The van der Waals surface area contributed by atoms with E-state index in [9.17, 15) is 27.9 Å². The average molecular weight is 629 g/mol. The highest BCUT2D eigenvalue weighted by Gasteiger charge is 2.60. The van der Waals surface area contributed by atoms with Crippen molar-refractivity contribution >= 4 is 40.7 Å². The van der Waals surface area contributed by atoms with Crippen molar-refractivity contribution in [3.8, 4) is 11.8 Å². The van der Waals surface area contributed by atoms with Gasteiger partial charge in [-0.1, -0.05) is 6.92 Å². The highest BCUT2D eigenvalue weighted by Crippen LogP contribution is 2.48. The summed E-state index contributed by atoms with van der Waals surface area (Å²) >= 11 is 5.74. The van der Waals surface area contributed by atoms with Gasteiger partial charge >= 0.3 is 12.3 Å². The van der Waals surface area contributed by atoms with Crippen LogP contribution in [-0.4, -0.2) is 80.9 Å². The lowest BCUT2D eigenvalue weighted by Gasteiger charge is -2.50. The molecule has 4 aliphatic heterocycles. The molecule has 4 saturated heterocycles. The van der Waals surface area contributed by atoms with E-state index >= 15 is 0 Å². The summed E-state index contributed by atoms with van der Waals surface area (Å²) in [7, 11) is 0. The summed E-state index contributed by atoms with van der Waals surface area (Å²) in [6, 6.07) is 7.96. The van der Waals surface area contributed by atoms with Crippen molar-refractivity contribution < 1.29 is 32.6 Å². The molecule has 2 aromatic rings. The van der Waals surface area contributed by atoms with Crippen LogP contribution in [0.15, 0.2) is 30.5 Å². The van der Waals surface area contributed by atoms with Gasteiger partial charge in [0.1, 0.15) is 24.0 Å². The quantitative estimate of drug-likeness (QED) is 0.432. The van der Waals surface area contributed by atoms with Gasteiger partial charge in [0.05, 0.1) is 17.4 Å². The second-order valence-corrected chi connectivity index (χ2v) is 12.0. The van der Waals surface area contributed by atoms with Gasteiger partial charge in [0.15, 0.2) is 10.8 Å². The van der Waals surface area contributed by atoms with Crippen molar-refractivity contribution in [2.24, 2.45) is 0 Å². The molecular weight excluding hydrogens is 597 g/mol. The summed E-state index contributed by atoms with van der Waals surface area (Å²) in [6.07, 6.45) is -0.389. The third-order valence-corrected chi connectivity index (χ3v) is 9.71. The Kier molecular flexibility index (Phi) is 7.65. The second kappa shape index (κ2) is 11.2. The van der Waals surface area contributed by atoms with Crippen LogP contribution in [0.4, 0.5) is 29.3 Å². The third kappa shape index (κ3) is 4.92. The van der Waals surface area contributed by atoms with E-state index in [-0.39, 0.29) is 22.9 Å². The van der Waals surface area contributed by atoms with Gasteiger partial charge < -0.3 is 19.6 Å². The first-order valence-corrected chi connectivity index (χ1v) is 15.0. The normalized spacial score (nSPS) is 22.8. The van der Waals surface area contributed by atoms with E-state index in [0.717, 1.165) is 42.0 Å². The summed E-state index contributed by atoms with van der Waals surface area (Å²) in [5, 5.41) is 18.6. The Morgan fingerprint density at radius 1 is 1.20 bits per heavy atom. The molecule has 5 fully saturated rings. The van der Waals surface area contributed by atoms with Gasteiger partial charge in [-0.15, -0.1) is 0 Å². The van der Waals surface area contributed by atoms with Crippen LogP contribution in [0.3, 0.4) is 0 Å². The number of fused-ring (bicyclic) bond motifs is 3. The number of piperazine rings is 1. The molecule has 1 spiro atoms. The molecule has 2 amide bonds. The largest absolute Gasteiger partial charge is 0.492 e. The lowest BCUT2D eigenvalue weighted by atomic mass is 9.75. The fourth-order valence-corrected chi connectivity index (χ4v) is 7.38. The van der Waals surface area contributed by atoms with Gasteiger partial charge in [-0.25, -0.2) is 9.78 Å². The number of hydrogen-bond acceptors (Lipinski definition) is 7. The number of pyridine rings is 1. The van der Waals surface area contributed by atoms with Crippen molar-refractivity contribution in [2.75, 3.05) is 36.0 Å². The van der Waals surface area contributed by atoms with E-state index in [2.05, 4.69) is 9.88 Å². The number of ether oxygens (including phenoxy) is 1. The minimum atomic E-state index is -4.83. The molecule has 1 N–H and O–H groups in total. The number of carbonyl (C=O) groups excluding carboxylic acids is 1. The number of halogens is 3.